The highest BCUT2D eigenvalue weighted by atomic mass is 16.5. The fourth-order valence-electron chi connectivity index (χ4n) is 4.84. The van der Waals surface area contributed by atoms with Crippen molar-refractivity contribution in [3.05, 3.63) is 0 Å². The second-order valence-electron chi connectivity index (χ2n) is 10.8. The van der Waals surface area contributed by atoms with Gasteiger partial charge in [0.05, 0.1) is 6.61 Å². The van der Waals surface area contributed by atoms with E-state index in [2.05, 4.69) is 13.8 Å². The second kappa shape index (κ2) is 30.5. The van der Waals surface area contributed by atoms with Crippen LogP contribution in [-0.2, 0) is 9.53 Å². The van der Waals surface area contributed by atoms with Crippen LogP contribution in [0.15, 0.2) is 0 Å². The van der Waals surface area contributed by atoms with E-state index in [1.54, 1.807) is 0 Å². The quantitative estimate of drug-likeness (QED) is 0.0785. The summed E-state index contributed by atoms with van der Waals surface area (Å²) < 4.78 is 5.41. The summed E-state index contributed by atoms with van der Waals surface area (Å²) in [5.74, 6) is 0.0249. The van der Waals surface area contributed by atoms with Crippen LogP contribution in [-0.4, -0.2) is 12.6 Å². The first kappa shape index (κ1) is 33.5. The Labute approximate surface area is 215 Å². The Morgan fingerprint density at radius 1 is 0.382 bits per heavy atom. The minimum Gasteiger partial charge on any atom is -0.466 e. The number of esters is 1. The molecule has 0 aromatic heterocycles. The van der Waals surface area contributed by atoms with Crippen molar-refractivity contribution in [1.29, 1.82) is 0 Å². The van der Waals surface area contributed by atoms with Crippen LogP contribution in [0, 0.1) is 0 Å². The molecule has 0 aromatic carbocycles. The van der Waals surface area contributed by atoms with E-state index in [1.165, 1.54) is 161 Å². The smallest absolute Gasteiger partial charge is 0.305 e. The van der Waals surface area contributed by atoms with Crippen LogP contribution in [0.3, 0.4) is 0 Å². The molecule has 0 saturated carbocycles. The highest BCUT2D eigenvalue weighted by Crippen LogP contribution is 2.14. The normalized spacial score (nSPS) is 11.2. The van der Waals surface area contributed by atoms with Gasteiger partial charge in [0.1, 0.15) is 0 Å². The first-order valence-electron chi connectivity index (χ1n) is 16.0. The van der Waals surface area contributed by atoms with Crippen molar-refractivity contribution in [3.63, 3.8) is 0 Å². The first-order valence-corrected chi connectivity index (χ1v) is 16.0. The molecule has 2 nitrogen and oxygen atoms in total. The Morgan fingerprint density at radius 2 is 0.647 bits per heavy atom. The predicted molar refractivity (Wildman–Crippen MR) is 152 cm³/mol. The van der Waals surface area contributed by atoms with E-state index < -0.39 is 0 Å². The molecule has 204 valence electrons. The second-order valence-corrected chi connectivity index (χ2v) is 10.8. The van der Waals surface area contributed by atoms with Crippen molar-refractivity contribution in [2.75, 3.05) is 6.61 Å². The van der Waals surface area contributed by atoms with Gasteiger partial charge in [0.25, 0.3) is 0 Å². The monoisotopic (exact) mass is 480 g/mol. The molecule has 0 N–H and O–H groups in total. The van der Waals surface area contributed by atoms with Gasteiger partial charge in [0, 0.05) is 6.42 Å². The number of ether oxygens (including phenoxy) is 1. The van der Waals surface area contributed by atoms with Gasteiger partial charge in [-0.1, -0.05) is 174 Å². The van der Waals surface area contributed by atoms with Gasteiger partial charge in [-0.2, -0.15) is 0 Å². The van der Waals surface area contributed by atoms with Gasteiger partial charge in [-0.05, 0) is 12.8 Å². The van der Waals surface area contributed by atoms with Crippen molar-refractivity contribution < 1.29 is 9.53 Å². The molecule has 0 bridgehead atoms. The average molecular weight is 481 g/mol. The molecule has 2 heteroatoms. The number of unbranched alkanes of at least 4 members (excludes halogenated alkanes) is 25. The van der Waals surface area contributed by atoms with Crippen molar-refractivity contribution in [2.24, 2.45) is 0 Å². The van der Waals surface area contributed by atoms with Crippen LogP contribution >= 0.6 is 0 Å². The van der Waals surface area contributed by atoms with Crippen molar-refractivity contribution >= 4 is 5.97 Å². The van der Waals surface area contributed by atoms with Crippen LogP contribution in [0.1, 0.15) is 194 Å². The predicted octanol–water partition coefficient (Wildman–Crippen LogP) is 11.5. The van der Waals surface area contributed by atoms with E-state index >= 15 is 0 Å². The first-order chi connectivity index (χ1) is 16.8. The lowest BCUT2D eigenvalue weighted by atomic mass is 10.0. The topological polar surface area (TPSA) is 26.3 Å². The van der Waals surface area contributed by atoms with E-state index in [9.17, 15) is 4.79 Å². The molecule has 0 aliphatic carbocycles. The minimum atomic E-state index is 0.0249. The zero-order chi connectivity index (χ0) is 24.8. The van der Waals surface area contributed by atoms with Crippen LogP contribution in [0.2, 0.25) is 0 Å². The van der Waals surface area contributed by atoms with Gasteiger partial charge in [-0.25, -0.2) is 0 Å². The number of carbonyl (C=O) groups excluding carboxylic acids is 1. The van der Waals surface area contributed by atoms with E-state index in [4.69, 9.17) is 4.74 Å². The fourth-order valence-corrected chi connectivity index (χ4v) is 4.84. The molecule has 0 aliphatic heterocycles. The summed E-state index contributed by atoms with van der Waals surface area (Å²) >= 11 is 0. The summed E-state index contributed by atoms with van der Waals surface area (Å²) in [7, 11) is 0. The lowest BCUT2D eigenvalue weighted by Gasteiger charge is -2.06. The molecule has 0 fully saturated rings. The molecule has 0 aromatic rings. The van der Waals surface area contributed by atoms with Gasteiger partial charge in [-0.3, -0.25) is 4.79 Å². The standard InChI is InChI=1S/C32H64O2/c1-3-5-7-9-11-13-15-16-17-18-19-21-23-25-27-29-31-34-32(33)30-28-26-24-22-20-14-12-10-8-6-4-2/h3-31H2,1-2H3. The molecule has 0 aliphatic rings. The van der Waals surface area contributed by atoms with Gasteiger partial charge in [-0.15, -0.1) is 0 Å². The summed E-state index contributed by atoms with van der Waals surface area (Å²) in [4.78, 5) is 11.8. The number of hydrogen-bond acceptors (Lipinski definition) is 2. The van der Waals surface area contributed by atoms with Gasteiger partial charge >= 0.3 is 5.97 Å². The Morgan fingerprint density at radius 3 is 0.971 bits per heavy atom. The van der Waals surface area contributed by atoms with E-state index in [0.29, 0.717) is 13.0 Å². The third kappa shape index (κ3) is 29.5. The lowest BCUT2D eigenvalue weighted by Crippen LogP contribution is -2.05. The number of hydrogen-bond donors (Lipinski definition) is 0. The summed E-state index contributed by atoms with van der Waals surface area (Å²) in [6.07, 6.45) is 37.2. The summed E-state index contributed by atoms with van der Waals surface area (Å²) in [5.41, 5.74) is 0. The number of carbonyl (C=O) groups is 1. The summed E-state index contributed by atoms with van der Waals surface area (Å²) in [5, 5.41) is 0. The Hall–Kier alpha value is -0.530. The minimum absolute atomic E-state index is 0.0249. The Kier molecular flexibility index (Phi) is 30.0. The largest absolute Gasteiger partial charge is 0.466 e. The molecule has 0 spiro atoms. The number of rotatable bonds is 29. The highest BCUT2D eigenvalue weighted by Gasteiger charge is 2.02. The van der Waals surface area contributed by atoms with Crippen molar-refractivity contribution in [1.82, 2.24) is 0 Å². The molecular formula is C32H64O2. The summed E-state index contributed by atoms with van der Waals surface area (Å²) in [6, 6.07) is 0. The van der Waals surface area contributed by atoms with Crippen molar-refractivity contribution in [2.45, 2.75) is 194 Å². The molecule has 0 amide bonds. The molecule has 0 saturated heterocycles. The lowest BCUT2D eigenvalue weighted by molar-refractivity contribution is -0.143. The zero-order valence-corrected chi connectivity index (χ0v) is 23.8. The van der Waals surface area contributed by atoms with Gasteiger partial charge in [0.2, 0.25) is 0 Å². The molecule has 0 unspecified atom stereocenters. The van der Waals surface area contributed by atoms with E-state index in [-0.39, 0.29) is 5.97 Å². The maximum Gasteiger partial charge on any atom is 0.305 e. The molecule has 34 heavy (non-hydrogen) atoms. The molecule has 0 heterocycles. The van der Waals surface area contributed by atoms with Crippen LogP contribution in [0.25, 0.3) is 0 Å². The van der Waals surface area contributed by atoms with Gasteiger partial charge in [0.15, 0.2) is 0 Å². The SMILES string of the molecule is CCCCCCCCCCCCCCCCCCOC(=O)CCCCCCCCCCCCC. The van der Waals surface area contributed by atoms with Crippen LogP contribution in [0.5, 0.6) is 0 Å². The zero-order valence-electron chi connectivity index (χ0n) is 23.8. The van der Waals surface area contributed by atoms with E-state index in [1.807, 2.05) is 0 Å². The van der Waals surface area contributed by atoms with E-state index in [0.717, 1.165) is 12.8 Å². The Balaban J connectivity index is 3.13. The molecule has 0 rings (SSSR count). The Bertz CT molecular complexity index is 379. The fraction of sp³-hybridized carbons (Fsp3) is 0.969. The molecule has 0 atom stereocenters. The third-order valence-corrected chi connectivity index (χ3v) is 7.25. The molecular weight excluding hydrogens is 416 g/mol. The maximum atomic E-state index is 11.8. The average Bonchev–Trinajstić information content (AvgIpc) is 2.84. The van der Waals surface area contributed by atoms with Crippen LogP contribution < -0.4 is 0 Å². The summed E-state index contributed by atoms with van der Waals surface area (Å²) in [6.45, 7) is 5.20. The highest BCUT2D eigenvalue weighted by molar-refractivity contribution is 5.69. The molecule has 0 radical (unpaired) electrons. The van der Waals surface area contributed by atoms with Crippen molar-refractivity contribution in [3.8, 4) is 0 Å². The van der Waals surface area contributed by atoms with Crippen LogP contribution in [0.4, 0.5) is 0 Å². The van der Waals surface area contributed by atoms with Gasteiger partial charge < -0.3 is 4.74 Å². The third-order valence-electron chi connectivity index (χ3n) is 7.25. The maximum absolute atomic E-state index is 11.8.